The fraction of sp³-hybridized carbons (Fsp3) is 0.231. The molecule has 0 saturated heterocycles. The zero-order valence-electron chi connectivity index (χ0n) is 11.5. The molecule has 0 aliphatic heterocycles. The van der Waals surface area contributed by atoms with Crippen LogP contribution in [0.25, 0.3) is 0 Å². The zero-order valence-corrected chi connectivity index (χ0v) is 12.3. The predicted octanol–water partition coefficient (Wildman–Crippen LogP) is 1.78. The molecule has 1 aromatic heterocycles. The molecule has 0 saturated carbocycles. The summed E-state index contributed by atoms with van der Waals surface area (Å²) < 4.78 is 27.4. The lowest BCUT2D eigenvalue weighted by Gasteiger charge is -2.15. The van der Waals surface area contributed by atoms with Gasteiger partial charge in [-0.2, -0.15) is 0 Å². The molecule has 6 nitrogen and oxygen atoms in total. The van der Waals surface area contributed by atoms with Gasteiger partial charge >= 0.3 is 0 Å². The minimum absolute atomic E-state index is 0.199. The summed E-state index contributed by atoms with van der Waals surface area (Å²) in [6, 6.07) is 1.76. The summed E-state index contributed by atoms with van der Waals surface area (Å²) in [5.74, 6) is 0. The Balaban J connectivity index is 2.53. The van der Waals surface area contributed by atoms with Gasteiger partial charge in [0.2, 0.25) is 0 Å². The summed E-state index contributed by atoms with van der Waals surface area (Å²) in [7, 11) is -3.72. The van der Waals surface area contributed by atoms with Gasteiger partial charge in [0.25, 0.3) is 10.0 Å². The van der Waals surface area contributed by atoms with E-state index in [1.54, 1.807) is 19.9 Å². The Morgan fingerprint density at radius 3 is 2.30 bits per heavy atom. The van der Waals surface area contributed by atoms with Crippen LogP contribution in [0.1, 0.15) is 16.7 Å². The molecule has 0 unspecified atom stereocenters. The highest BCUT2D eigenvalue weighted by Gasteiger charge is 2.22. The van der Waals surface area contributed by atoms with E-state index < -0.39 is 10.0 Å². The normalized spacial score (nSPS) is 11.3. The van der Waals surface area contributed by atoms with Crippen molar-refractivity contribution in [3.8, 4) is 0 Å². The van der Waals surface area contributed by atoms with Gasteiger partial charge in [-0.05, 0) is 37.5 Å². The van der Waals surface area contributed by atoms with E-state index in [4.69, 9.17) is 5.73 Å². The molecule has 0 aliphatic carbocycles. The molecule has 0 bridgehead atoms. The topological polar surface area (TPSA) is 98.0 Å². The molecule has 0 spiro atoms. The highest BCUT2D eigenvalue weighted by molar-refractivity contribution is 7.92. The van der Waals surface area contributed by atoms with Crippen LogP contribution in [-0.4, -0.2) is 18.4 Å². The first-order valence-electron chi connectivity index (χ1n) is 5.97. The fourth-order valence-corrected chi connectivity index (χ4v) is 3.67. The van der Waals surface area contributed by atoms with Gasteiger partial charge in [0, 0.05) is 5.69 Å². The van der Waals surface area contributed by atoms with Crippen molar-refractivity contribution in [2.75, 3.05) is 10.5 Å². The molecule has 1 aromatic carbocycles. The maximum absolute atomic E-state index is 12.5. The Hall–Kier alpha value is -2.15. The third-order valence-corrected chi connectivity index (χ3v) is 4.71. The zero-order chi connectivity index (χ0) is 14.9. The minimum atomic E-state index is -3.72. The number of aryl methyl sites for hydroxylation is 2. The quantitative estimate of drug-likeness (QED) is 0.840. The summed E-state index contributed by atoms with van der Waals surface area (Å²) in [5.41, 5.74) is 8.78. The second kappa shape index (κ2) is 5.09. The fourth-order valence-electron chi connectivity index (χ4n) is 2.15. The Labute approximate surface area is 118 Å². The van der Waals surface area contributed by atoms with Crippen LogP contribution in [0.4, 0.5) is 11.4 Å². The van der Waals surface area contributed by atoms with Crippen molar-refractivity contribution in [1.29, 1.82) is 0 Å². The van der Waals surface area contributed by atoms with Crippen molar-refractivity contribution in [1.82, 2.24) is 9.97 Å². The Morgan fingerprint density at radius 2 is 1.70 bits per heavy atom. The standard InChI is InChI=1S/C13H16N4O2S/c1-8-4-9(2)13(10(3)12(8)14)20(18,19)17-11-5-15-7-16-6-11/h4-7,17H,14H2,1-3H3. The van der Waals surface area contributed by atoms with Crippen LogP contribution in [0, 0.1) is 20.8 Å². The molecule has 2 rings (SSSR count). The first-order valence-corrected chi connectivity index (χ1v) is 7.45. The smallest absolute Gasteiger partial charge is 0.262 e. The lowest BCUT2D eigenvalue weighted by molar-refractivity contribution is 0.600. The number of anilines is 2. The van der Waals surface area contributed by atoms with Crippen LogP contribution in [0.3, 0.4) is 0 Å². The second-order valence-corrected chi connectivity index (χ2v) is 6.23. The van der Waals surface area contributed by atoms with Crippen LogP contribution >= 0.6 is 0 Å². The average Bonchev–Trinajstić information content (AvgIpc) is 2.36. The number of benzene rings is 1. The van der Waals surface area contributed by atoms with E-state index in [9.17, 15) is 8.42 Å². The molecule has 7 heteroatoms. The van der Waals surface area contributed by atoms with Crippen LogP contribution in [-0.2, 0) is 10.0 Å². The van der Waals surface area contributed by atoms with Gasteiger partial charge in [0.15, 0.2) is 0 Å². The molecule has 0 aliphatic rings. The van der Waals surface area contributed by atoms with Crippen LogP contribution in [0.15, 0.2) is 29.7 Å². The number of sulfonamides is 1. The van der Waals surface area contributed by atoms with Gasteiger partial charge in [-0.3, -0.25) is 4.72 Å². The van der Waals surface area contributed by atoms with Gasteiger partial charge < -0.3 is 5.73 Å². The van der Waals surface area contributed by atoms with Crippen molar-refractivity contribution in [3.05, 3.63) is 41.5 Å². The largest absolute Gasteiger partial charge is 0.398 e. The van der Waals surface area contributed by atoms with Gasteiger partial charge in [0.1, 0.15) is 6.33 Å². The van der Waals surface area contributed by atoms with Gasteiger partial charge in [-0.25, -0.2) is 18.4 Å². The number of nitrogens with zero attached hydrogens (tertiary/aromatic N) is 2. The van der Waals surface area contributed by atoms with E-state index in [0.717, 1.165) is 5.56 Å². The van der Waals surface area contributed by atoms with Crippen molar-refractivity contribution in [2.24, 2.45) is 0 Å². The first-order chi connectivity index (χ1) is 9.33. The van der Waals surface area contributed by atoms with E-state index in [-0.39, 0.29) is 4.90 Å². The maximum Gasteiger partial charge on any atom is 0.262 e. The van der Waals surface area contributed by atoms with Crippen molar-refractivity contribution in [2.45, 2.75) is 25.7 Å². The van der Waals surface area contributed by atoms with Crippen molar-refractivity contribution < 1.29 is 8.42 Å². The van der Waals surface area contributed by atoms with E-state index in [1.807, 2.05) is 6.92 Å². The number of nitrogen functional groups attached to an aromatic ring is 1. The molecule has 0 atom stereocenters. The maximum atomic E-state index is 12.5. The number of hydrogen-bond donors (Lipinski definition) is 2. The van der Waals surface area contributed by atoms with E-state index >= 15 is 0 Å². The van der Waals surface area contributed by atoms with Crippen molar-refractivity contribution in [3.63, 3.8) is 0 Å². The second-order valence-electron chi connectivity index (χ2n) is 4.61. The van der Waals surface area contributed by atoms with Crippen LogP contribution in [0.2, 0.25) is 0 Å². The van der Waals surface area contributed by atoms with E-state index in [0.29, 0.717) is 22.5 Å². The molecule has 0 radical (unpaired) electrons. The van der Waals surface area contributed by atoms with Gasteiger partial charge in [-0.15, -0.1) is 0 Å². The summed E-state index contributed by atoms with van der Waals surface area (Å²) in [4.78, 5) is 7.75. The molecular weight excluding hydrogens is 276 g/mol. The SMILES string of the molecule is Cc1cc(C)c(S(=O)(=O)Nc2cncnc2)c(C)c1N. The van der Waals surface area contributed by atoms with Crippen LogP contribution < -0.4 is 10.5 Å². The highest BCUT2D eigenvalue weighted by Crippen LogP contribution is 2.29. The highest BCUT2D eigenvalue weighted by atomic mass is 32.2. The number of hydrogen-bond acceptors (Lipinski definition) is 5. The number of nitrogens with one attached hydrogen (secondary N) is 1. The van der Waals surface area contributed by atoms with E-state index in [1.165, 1.54) is 18.7 Å². The monoisotopic (exact) mass is 292 g/mol. The lowest BCUT2D eigenvalue weighted by Crippen LogP contribution is -2.17. The minimum Gasteiger partial charge on any atom is -0.398 e. The summed E-state index contributed by atoms with van der Waals surface area (Å²) in [6.45, 7) is 5.30. The molecule has 2 aromatic rings. The van der Waals surface area contributed by atoms with Gasteiger partial charge in [0.05, 0.1) is 23.0 Å². The number of rotatable bonds is 3. The molecular formula is C13H16N4O2S. The first kappa shape index (κ1) is 14.3. The third-order valence-electron chi connectivity index (χ3n) is 3.04. The Morgan fingerprint density at radius 1 is 1.10 bits per heavy atom. The summed E-state index contributed by atoms with van der Waals surface area (Å²) >= 11 is 0. The Kier molecular flexibility index (Phi) is 3.63. The molecule has 0 amide bonds. The molecule has 1 heterocycles. The lowest BCUT2D eigenvalue weighted by atomic mass is 10.1. The average molecular weight is 292 g/mol. The summed E-state index contributed by atoms with van der Waals surface area (Å²) in [5, 5.41) is 0. The van der Waals surface area contributed by atoms with Crippen molar-refractivity contribution >= 4 is 21.4 Å². The summed E-state index contributed by atoms with van der Waals surface area (Å²) in [6.07, 6.45) is 4.12. The Bertz CT molecular complexity index is 743. The van der Waals surface area contributed by atoms with Gasteiger partial charge in [-0.1, -0.05) is 6.07 Å². The van der Waals surface area contributed by atoms with Crippen LogP contribution in [0.5, 0.6) is 0 Å². The molecule has 20 heavy (non-hydrogen) atoms. The number of nitrogens with two attached hydrogens (primary N) is 1. The molecule has 106 valence electrons. The molecule has 3 N–H and O–H groups in total. The molecule has 0 fully saturated rings. The number of aromatic nitrogens is 2. The predicted molar refractivity (Wildman–Crippen MR) is 77.9 cm³/mol. The van der Waals surface area contributed by atoms with E-state index in [2.05, 4.69) is 14.7 Å². The third kappa shape index (κ3) is 2.57.